The van der Waals surface area contributed by atoms with Crippen molar-refractivity contribution in [3.63, 3.8) is 0 Å². The number of amides is 2. The van der Waals surface area contributed by atoms with Crippen molar-refractivity contribution in [2.24, 2.45) is 0 Å². The van der Waals surface area contributed by atoms with Crippen LogP contribution >= 0.6 is 0 Å². The van der Waals surface area contributed by atoms with Crippen LogP contribution in [0.15, 0.2) is 54.6 Å². The Labute approximate surface area is 205 Å². The first-order valence-corrected chi connectivity index (χ1v) is 11.9. The number of nitrogens with one attached hydrogen (secondary N) is 2. The first-order chi connectivity index (χ1) is 16.9. The van der Waals surface area contributed by atoms with Crippen LogP contribution in [0.2, 0.25) is 0 Å². The van der Waals surface area contributed by atoms with Crippen LogP contribution < -0.4 is 10.6 Å². The quantitative estimate of drug-likeness (QED) is 0.204. The van der Waals surface area contributed by atoms with Gasteiger partial charge < -0.3 is 15.4 Å². The largest absolute Gasteiger partial charge is 0.469 e. The molecule has 2 aromatic carbocycles. The molecule has 0 saturated heterocycles. The van der Waals surface area contributed by atoms with Gasteiger partial charge in [0.05, 0.1) is 7.11 Å². The molecule has 35 heavy (non-hydrogen) atoms. The number of rotatable bonds is 12. The van der Waals surface area contributed by atoms with Crippen LogP contribution in [0.1, 0.15) is 55.2 Å². The number of halogens is 1. The van der Waals surface area contributed by atoms with Gasteiger partial charge in [0.15, 0.2) is 0 Å². The summed E-state index contributed by atoms with van der Waals surface area (Å²) in [5.41, 5.74) is 2.80. The molecular formula is C28H31FN2O4. The van der Waals surface area contributed by atoms with Crippen LogP contribution in [0, 0.1) is 5.82 Å². The number of hydrogen-bond donors (Lipinski definition) is 2. The second-order valence-electron chi connectivity index (χ2n) is 8.49. The molecule has 1 aliphatic carbocycles. The molecular weight excluding hydrogens is 447 g/mol. The van der Waals surface area contributed by atoms with E-state index in [0.717, 1.165) is 43.2 Å². The number of ether oxygens (including phenoxy) is 1. The summed E-state index contributed by atoms with van der Waals surface area (Å²) in [5.74, 6) is -0.927. The average Bonchev–Trinajstić information content (AvgIpc) is 3.68. The summed E-state index contributed by atoms with van der Waals surface area (Å²) >= 11 is 0. The van der Waals surface area contributed by atoms with E-state index in [-0.39, 0.29) is 29.6 Å². The van der Waals surface area contributed by atoms with E-state index in [9.17, 15) is 18.8 Å². The molecule has 6 nitrogen and oxygen atoms in total. The second kappa shape index (κ2) is 13.2. The molecule has 0 radical (unpaired) electrons. The van der Waals surface area contributed by atoms with Gasteiger partial charge in [-0.1, -0.05) is 42.8 Å². The molecule has 0 atom stereocenters. The minimum Gasteiger partial charge on any atom is -0.469 e. The van der Waals surface area contributed by atoms with Crippen molar-refractivity contribution in [3.05, 3.63) is 77.1 Å². The van der Waals surface area contributed by atoms with Gasteiger partial charge in [-0.2, -0.15) is 0 Å². The lowest BCUT2D eigenvalue weighted by atomic mass is 10.0. The summed E-state index contributed by atoms with van der Waals surface area (Å²) in [4.78, 5) is 35.8. The molecule has 0 aromatic heterocycles. The van der Waals surface area contributed by atoms with Crippen molar-refractivity contribution in [2.75, 3.05) is 13.7 Å². The molecule has 1 aliphatic rings. The van der Waals surface area contributed by atoms with Crippen LogP contribution in [0.4, 0.5) is 4.39 Å². The van der Waals surface area contributed by atoms with Crippen molar-refractivity contribution >= 4 is 35.5 Å². The van der Waals surface area contributed by atoms with Crippen LogP contribution in [-0.4, -0.2) is 37.5 Å². The SMILES string of the molecule is COC(=O)CCCCCNC(=O)/C=C/c1ccc(C=C(C(=O)NC2CC2)c2ccc(F)cc2)cc1. The molecule has 2 N–H and O–H groups in total. The second-order valence-corrected chi connectivity index (χ2v) is 8.49. The molecule has 2 aromatic rings. The highest BCUT2D eigenvalue weighted by atomic mass is 19.1. The third-order valence-electron chi connectivity index (χ3n) is 5.57. The number of unbranched alkanes of at least 4 members (excludes halogenated alkanes) is 2. The average molecular weight is 479 g/mol. The topological polar surface area (TPSA) is 84.5 Å². The number of benzene rings is 2. The molecule has 0 unspecified atom stereocenters. The summed E-state index contributed by atoms with van der Waals surface area (Å²) in [6.07, 6.45) is 9.71. The Morgan fingerprint density at radius 2 is 1.66 bits per heavy atom. The number of methoxy groups -OCH3 is 1. The summed E-state index contributed by atoms with van der Waals surface area (Å²) in [6.45, 7) is 0.545. The number of carbonyl (C=O) groups is 3. The highest BCUT2D eigenvalue weighted by molar-refractivity contribution is 6.24. The number of esters is 1. The Morgan fingerprint density at radius 3 is 2.31 bits per heavy atom. The van der Waals surface area contributed by atoms with Gasteiger partial charge in [0.2, 0.25) is 5.91 Å². The zero-order chi connectivity index (χ0) is 25.0. The fourth-order valence-electron chi connectivity index (χ4n) is 3.39. The van der Waals surface area contributed by atoms with Gasteiger partial charge >= 0.3 is 5.97 Å². The molecule has 184 valence electrons. The lowest BCUT2D eigenvalue weighted by molar-refractivity contribution is -0.140. The molecule has 0 spiro atoms. The zero-order valence-electron chi connectivity index (χ0n) is 19.9. The summed E-state index contributed by atoms with van der Waals surface area (Å²) < 4.78 is 18.0. The van der Waals surface area contributed by atoms with Crippen molar-refractivity contribution in [2.45, 2.75) is 44.6 Å². The molecule has 7 heteroatoms. The van der Waals surface area contributed by atoms with Gasteiger partial charge in [0.1, 0.15) is 5.82 Å². The van der Waals surface area contributed by atoms with E-state index in [2.05, 4.69) is 15.4 Å². The first-order valence-electron chi connectivity index (χ1n) is 11.9. The molecule has 0 heterocycles. The van der Waals surface area contributed by atoms with Crippen molar-refractivity contribution in [3.8, 4) is 0 Å². The van der Waals surface area contributed by atoms with Crippen molar-refractivity contribution in [1.82, 2.24) is 10.6 Å². The van der Waals surface area contributed by atoms with E-state index < -0.39 is 0 Å². The van der Waals surface area contributed by atoms with Gasteiger partial charge in [-0.3, -0.25) is 14.4 Å². The minimum atomic E-state index is -0.352. The predicted molar refractivity (Wildman–Crippen MR) is 134 cm³/mol. The van der Waals surface area contributed by atoms with Gasteiger partial charge in [-0.25, -0.2) is 4.39 Å². The molecule has 1 fully saturated rings. The fraction of sp³-hybridized carbons (Fsp3) is 0.321. The Balaban J connectivity index is 1.54. The first kappa shape index (κ1) is 25.9. The smallest absolute Gasteiger partial charge is 0.305 e. The van der Waals surface area contributed by atoms with Gasteiger partial charge in [-0.05, 0) is 66.7 Å². The third kappa shape index (κ3) is 9.20. The third-order valence-corrected chi connectivity index (χ3v) is 5.57. The van der Waals surface area contributed by atoms with Crippen LogP contribution in [-0.2, 0) is 19.1 Å². The van der Waals surface area contributed by atoms with Crippen molar-refractivity contribution < 1.29 is 23.5 Å². The standard InChI is InChI=1S/C28H31FN2O4/c1-35-27(33)5-3-2-4-18-30-26(32)17-10-20-6-8-21(9-7-20)19-25(28(34)31-24-15-16-24)22-11-13-23(29)14-12-22/h6-14,17,19,24H,2-5,15-16,18H2,1H3,(H,30,32)(H,31,34)/b17-10+,25-19?. The monoisotopic (exact) mass is 478 g/mol. The minimum absolute atomic E-state index is 0.176. The van der Waals surface area contributed by atoms with E-state index in [4.69, 9.17) is 0 Å². The molecule has 1 saturated carbocycles. The van der Waals surface area contributed by atoms with Gasteiger partial charge in [0, 0.05) is 30.7 Å². The fourth-order valence-corrected chi connectivity index (χ4v) is 3.39. The normalized spacial score (nSPS) is 13.5. The van der Waals surface area contributed by atoms with Crippen LogP contribution in [0.3, 0.4) is 0 Å². The maximum absolute atomic E-state index is 13.4. The molecule has 3 rings (SSSR count). The number of hydrogen-bond acceptors (Lipinski definition) is 4. The Morgan fingerprint density at radius 1 is 0.971 bits per heavy atom. The lowest BCUT2D eigenvalue weighted by Gasteiger charge is -2.09. The highest BCUT2D eigenvalue weighted by Crippen LogP contribution is 2.24. The maximum Gasteiger partial charge on any atom is 0.305 e. The van der Waals surface area contributed by atoms with Crippen LogP contribution in [0.25, 0.3) is 17.7 Å². The zero-order valence-corrected chi connectivity index (χ0v) is 19.9. The summed E-state index contributed by atoms with van der Waals surface area (Å²) in [6, 6.07) is 13.6. The molecule has 2 amide bonds. The van der Waals surface area contributed by atoms with E-state index in [1.54, 1.807) is 24.3 Å². The molecule has 0 bridgehead atoms. The van der Waals surface area contributed by atoms with E-state index in [0.29, 0.717) is 24.1 Å². The summed E-state index contributed by atoms with van der Waals surface area (Å²) in [7, 11) is 1.37. The van der Waals surface area contributed by atoms with Gasteiger partial charge in [-0.15, -0.1) is 0 Å². The van der Waals surface area contributed by atoms with Crippen LogP contribution in [0.5, 0.6) is 0 Å². The predicted octanol–water partition coefficient (Wildman–Crippen LogP) is 4.51. The Kier molecular flexibility index (Phi) is 9.78. The lowest BCUT2D eigenvalue weighted by Crippen LogP contribution is -2.26. The maximum atomic E-state index is 13.4. The Hall–Kier alpha value is -3.74. The van der Waals surface area contributed by atoms with E-state index in [1.807, 2.05) is 24.3 Å². The molecule has 0 aliphatic heterocycles. The Bertz CT molecular complexity index is 1070. The van der Waals surface area contributed by atoms with E-state index in [1.165, 1.54) is 25.3 Å². The highest BCUT2D eigenvalue weighted by Gasteiger charge is 2.25. The van der Waals surface area contributed by atoms with Crippen molar-refractivity contribution in [1.29, 1.82) is 0 Å². The van der Waals surface area contributed by atoms with Gasteiger partial charge in [0.25, 0.3) is 5.91 Å². The number of carbonyl (C=O) groups excluding carboxylic acids is 3. The van der Waals surface area contributed by atoms with E-state index >= 15 is 0 Å². The summed E-state index contributed by atoms with van der Waals surface area (Å²) in [5, 5.41) is 5.81.